The second kappa shape index (κ2) is 5.69. The van der Waals surface area contributed by atoms with E-state index in [1.165, 1.54) is 11.4 Å². The van der Waals surface area contributed by atoms with E-state index in [9.17, 15) is 13.2 Å². The highest BCUT2D eigenvalue weighted by Gasteiger charge is 2.34. The van der Waals surface area contributed by atoms with Crippen LogP contribution in [-0.4, -0.2) is 26.5 Å². The monoisotopic (exact) mass is 347 g/mol. The van der Waals surface area contributed by atoms with Crippen molar-refractivity contribution in [1.82, 2.24) is 0 Å². The fraction of sp³-hybridized carbons (Fsp3) is 0.235. The van der Waals surface area contributed by atoms with Crippen molar-refractivity contribution in [2.24, 2.45) is 0 Å². The van der Waals surface area contributed by atoms with Crippen LogP contribution in [0.15, 0.2) is 52.3 Å². The summed E-state index contributed by atoms with van der Waals surface area (Å²) >= 11 is 1.57. The zero-order valence-electron chi connectivity index (χ0n) is 13.1. The van der Waals surface area contributed by atoms with Gasteiger partial charge >= 0.3 is 0 Å². The van der Waals surface area contributed by atoms with Crippen LogP contribution < -0.4 is 4.31 Å². The number of para-hydroxylation sites is 1. The lowest BCUT2D eigenvalue weighted by molar-refractivity contribution is 0.103. The third-order valence-electron chi connectivity index (χ3n) is 3.70. The Morgan fingerprint density at radius 1 is 1.04 bits per heavy atom. The molecule has 2 aromatic rings. The van der Waals surface area contributed by atoms with Gasteiger partial charge in [-0.15, -0.1) is 11.8 Å². The first-order chi connectivity index (χ1) is 10.8. The van der Waals surface area contributed by atoms with Gasteiger partial charge in [0.15, 0.2) is 5.78 Å². The molecule has 23 heavy (non-hydrogen) atoms. The van der Waals surface area contributed by atoms with E-state index in [0.29, 0.717) is 16.5 Å². The number of benzene rings is 2. The molecule has 6 heteroatoms. The van der Waals surface area contributed by atoms with Gasteiger partial charge < -0.3 is 0 Å². The number of nitrogens with zero attached hydrogens (tertiary/aromatic N) is 1. The second-order valence-electron chi connectivity index (χ2n) is 5.64. The van der Waals surface area contributed by atoms with Gasteiger partial charge in [0, 0.05) is 28.3 Å². The summed E-state index contributed by atoms with van der Waals surface area (Å²) in [7, 11) is -2.28. The lowest BCUT2D eigenvalue weighted by atomic mass is 10.0. The summed E-state index contributed by atoms with van der Waals surface area (Å²) in [6.45, 7) is 4.08. The summed E-state index contributed by atoms with van der Waals surface area (Å²) in [5, 5.41) is 0.326. The number of anilines is 1. The van der Waals surface area contributed by atoms with Crippen molar-refractivity contribution in [1.29, 1.82) is 0 Å². The fourth-order valence-corrected chi connectivity index (χ4v) is 4.99. The Kier molecular flexibility index (Phi) is 3.98. The largest absolute Gasteiger partial charge is 0.288 e. The van der Waals surface area contributed by atoms with Crippen LogP contribution in [-0.2, 0) is 10.0 Å². The van der Waals surface area contributed by atoms with Gasteiger partial charge in [-0.1, -0.05) is 26.0 Å². The predicted molar refractivity (Wildman–Crippen MR) is 92.9 cm³/mol. The van der Waals surface area contributed by atoms with Gasteiger partial charge in [0.05, 0.1) is 10.6 Å². The van der Waals surface area contributed by atoms with Crippen molar-refractivity contribution in [2.45, 2.75) is 28.9 Å². The van der Waals surface area contributed by atoms with E-state index in [4.69, 9.17) is 0 Å². The normalized spacial score (nSPS) is 16.0. The molecule has 2 aromatic carbocycles. The number of carbonyl (C=O) groups is 1. The Labute approximate surface area is 140 Å². The van der Waals surface area contributed by atoms with Crippen LogP contribution in [0.3, 0.4) is 0 Å². The van der Waals surface area contributed by atoms with Crippen LogP contribution in [0.5, 0.6) is 0 Å². The van der Waals surface area contributed by atoms with Crippen molar-refractivity contribution in [3.8, 4) is 0 Å². The first-order valence-electron chi connectivity index (χ1n) is 7.25. The topological polar surface area (TPSA) is 54.5 Å². The molecule has 0 spiro atoms. The van der Waals surface area contributed by atoms with E-state index in [0.717, 1.165) is 4.90 Å². The van der Waals surface area contributed by atoms with E-state index in [-0.39, 0.29) is 16.2 Å². The highest BCUT2D eigenvalue weighted by atomic mass is 32.2. The van der Waals surface area contributed by atoms with E-state index in [1.54, 1.807) is 48.2 Å². The molecule has 0 N–H and O–H groups in total. The zero-order valence-corrected chi connectivity index (χ0v) is 14.7. The van der Waals surface area contributed by atoms with Crippen molar-refractivity contribution in [3.63, 3.8) is 0 Å². The molecule has 0 aliphatic carbocycles. The molecular weight excluding hydrogens is 330 g/mol. The van der Waals surface area contributed by atoms with Gasteiger partial charge in [0.1, 0.15) is 0 Å². The zero-order chi connectivity index (χ0) is 16.8. The number of hydrogen-bond acceptors (Lipinski definition) is 4. The number of thioether (sulfide) groups is 1. The van der Waals surface area contributed by atoms with E-state index < -0.39 is 10.0 Å². The average molecular weight is 347 g/mol. The highest BCUT2D eigenvalue weighted by Crippen LogP contribution is 2.36. The van der Waals surface area contributed by atoms with E-state index in [1.807, 2.05) is 19.9 Å². The van der Waals surface area contributed by atoms with Crippen molar-refractivity contribution >= 4 is 33.3 Å². The summed E-state index contributed by atoms with van der Waals surface area (Å²) in [5.41, 5.74) is 1.04. The van der Waals surface area contributed by atoms with Crippen LogP contribution >= 0.6 is 11.8 Å². The molecule has 0 bridgehead atoms. The number of ketones is 1. The maximum absolute atomic E-state index is 12.9. The van der Waals surface area contributed by atoms with Crippen molar-refractivity contribution in [2.75, 3.05) is 11.4 Å². The second-order valence-corrected chi connectivity index (χ2v) is 9.23. The first kappa shape index (κ1) is 16.1. The van der Waals surface area contributed by atoms with Crippen LogP contribution in [0.2, 0.25) is 0 Å². The number of sulfonamides is 1. The maximum Gasteiger partial charge on any atom is 0.264 e. The molecular formula is C17H17NO3S2. The summed E-state index contributed by atoms with van der Waals surface area (Å²) in [5.74, 6) is -0.260. The molecule has 0 unspecified atom stereocenters. The average Bonchev–Trinajstić information content (AvgIpc) is 2.57. The SMILES string of the molecule is CC(C)Sc1ccc2c(c1)S(=O)(=O)N(C)c1ccccc1C2=O. The molecule has 0 radical (unpaired) electrons. The fourth-order valence-electron chi connectivity index (χ4n) is 2.61. The van der Waals surface area contributed by atoms with Crippen LogP contribution in [0.25, 0.3) is 0 Å². The Hall–Kier alpha value is -1.79. The molecule has 4 nitrogen and oxygen atoms in total. The van der Waals surface area contributed by atoms with Crippen LogP contribution in [0.4, 0.5) is 5.69 Å². The Morgan fingerprint density at radius 2 is 1.74 bits per heavy atom. The van der Waals surface area contributed by atoms with Crippen molar-refractivity contribution in [3.05, 3.63) is 53.6 Å². The third-order valence-corrected chi connectivity index (χ3v) is 6.50. The highest BCUT2D eigenvalue weighted by molar-refractivity contribution is 8.00. The van der Waals surface area contributed by atoms with Gasteiger partial charge in [-0.05, 0) is 30.3 Å². The van der Waals surface area contributed by atoms with Crippen molar-refractivity contribution < 1.29 is 13.2 Å². The molecule has 120 valence electrons. The van der Waals surface area contributed by atoms with Gasteiger partial charge in [-0.2, -0.15) is 0 Å². The molecule has 1 aliphatic heterocycles. The molecule has 0 saturated heterocycles. The van der Waals surface area contributed by atoms with Gasteiger partial charge in [-0.3, -0.25) is 9.10 Å². The Balaban J connectivity index is 2.28. The number of carbonyl (C=O) groups excluding carboxylic acids is 1. The maximum atomic E-state index is 12.9. The minimum absolute atomic E-state index is 0.0758. The van der Waals surface area contributed by atoms with E-state index in [2.05, 4.69) is 0 Å². The molecule has 0 atom stereocenters. The summed E-state index contributed by atoms with van der Waals surface area (Å²) in [6.07, 6.45) is 0. The smallest absolute Gasteiger partial charge is 0.264 e. The Bertz CT molecular complexity index is 888. The first-order valence-corrected chi connectivity index (χ1v) is 9.57. The Morgan fingerprint density at radius 3 is 2.43 bits per heavy atom. The van der Waals surface area contributed by atoms with Gasteiger partial charge in [0.2, 0.25) is 0 Å². The van der Waals surface area contributed by atoms with Gasteiger partial charge in [0.25, 0.3) is 10.0 Å². The third kappa shape index (κ3) is 2.66. The molecule has 0 saturated carbocycles. The number of hydrogen-bond donors (Lipinski definition) is 0. The molecule has 3 rings (SSSR count). The minimum atomic E-state index is -3.76. The molecule has 1 heterocycles. The lowest BCUT2D eigenvalue weighted by Crippen LogP contribution is -2.26. The quantitative estimate of drug-likeness (QED) is 0.780. The van der Waals surface area contributed by atoms with Crippen LogP contribution in [0, 0.1) is 0 Å². The van der Waals surface area contributed by atoms with Gasteiger partial charge in [-0.25, -0.2) is 8.42 Å². The van der Waals surface area contributed by atoms with Crippen LogP contribution in [0.1, 0.15) is 29.8 Å². The predicted octanol–water partition coefficient (Wildman–Crippen LogP) is 3.56. The molecule has 1 aliphatic rings. The lowest BCUT2D eigenvalue weighted by Gasteiger charge is -2.19. The number of rotatable bonds is 2. The summed E-state index contributed by atoms with van der Waals surface area (Å²) in [6, 6.07) is 11.8. The standard InChI is InChI=1S/C17H17NO3S2/c1-11(2)22-12-8-9-14-16(10-12)23(20,21)18(3)15-7-5-4-6-13(15)17(14)19/h4-11H,1-3H3. The molecule has 0 fully saturated rings. The summed E-state index contributed by atoms with van der Waals surface area (Å²) < 4.78 is 27.1. The molecule has 0 aromatic heterocycles. The summed E-state index contributed by atoms with van der Waals surface area (Å²) in [4.78, 5) is 13.7. The molecule has 0 amide bonds. The minimum Gasteiger partial charge on any atom is -0.288 e. The number of fused-ring (bicyclic) bond motifs is 2. The van der Waals surface area contributed by atoms with E-state index >= 15 is 0 Å².